The number of benzene rings is 1. The van der Waals surface area contributed by atoms with Gasteiger partial charge in [0.15, 0.2) is 0 Å². The van der Waals surface area contributed by atoms with Crippen LogP contribution in [-0.2, 0) is 4.79 Å². The quantitative estimate of drug-likeness (QED) is 0.734. The van der Waals surface area contributed by atoms with E-state index in [0.29, 0.717) is 24.1 Å². The second-order valence-corrected chi connectivity index (χ2v) is 6.20. The summed E-state index contributed by atoms with van der Waals surface area (Å²) in [6.45, 7) is 0. The zero-order chi connectivity index (χ0) is 14.8. The molecule has 0 atom stereocenters. The monoisotopic (exact) mass is 340 g/mol. The van der Waals surface area contributed by atoms with Crippen molar-refractivity contribution in [3.8, 4) is 0 Å². The van der Waals surface area contributed by atoms with Crippen LogP contribution in [0.25, 0.3) is 0 Å². The third-order valence-corrected chi connectivity index (χ3v) is 4.07. The number of aliphatic carboxylic acids is 1. The fourth-order valence-electron chi connectivity index (χ4n) is 2.74. The van der Waals surface area contributed by atoms with Crippen LogP contribution >= 0.6 is 15.9 Å². The SMILES string of the molecule is Nc1cc(Br)cc(C(=O)NC2(CC(=O)O)CCCC2)c1. The molecule has 1 fully saturated rings. The van der Waals surface area contributed by atoms with Crippen LogP contribution in [0.4, 0.5) is 5.69 Å². The number of amides is 1. The minimum atomic E-state index is -0.888. The Labute approximate surface area is 125 Å². The number of rotatable bonds is 4. The maximum Gasteiger partial charge on any atom is 0.305 e. The van der Waals surface area contributed by atoms with Gasteiger partial charge in [-0.2, -0.15) is 0 Å². The standard InChI is InChI=1S/C14H17BrN2O3/c15-10-5-9(6-11(16)7-10)13(20)17-14(8-12(18)19)3-1-2-4-14/h5-7H,1-4,8,16H2,(H,17,20)(H,18,19). The molecule has 20 heavy (non-hydrogen) atoms. The first-order valence-electron chi connectivity index (χ1n) is 6.51. The van der Waals surface area contributed by atoms with E-state index in [9.17, 15) is 9.59 Å². The first kappa shape index (κ1) is 14.8. The van der Waals surface area contributed by atoms with E-state index in [4.69, 9.17) is 10.8 Å². The molecule has 1 aliphatic rings. The van der Waals surface area contributed by atoms with Crippen molar-refractivity contribution in [3.63, 3.8) is 0 Å². The van der Waals surface area contributed by atoms with E-state index in [1.165, 1.54) is 0 Å². The van der Waals surface area contributed by atoms with Gasteiger partial charge in [0.05, 0.1) is 12.0 Å². The number of carboxylic acid groups (broad SMARTS) is 1. The van der Waals surface area contributed by atoms with E-state index in [1.807, 2.05) is 0 Å². The van der Waals surface area contributed by atoms with Crippen molar-refractivity contribution in [1.29, 1.82) is 0 Å². The third kappa shape index (κ3) is 3.50. The molecular formula is C14H17BrN2O3. The lowest BCUT2D eigenvalue weighted by molar-refractivity contribution is -0.138. The molecule has 0 aliphatic heterocycles. The number of hydrogen-bond acceptors (Lipinski definition) is 3. The summed E-state index contributed by atoms with van der Waals surface area (Å²) in [5, 5.41) is 11.9. The largest absolute Gasteiger partial charge is 0.481 e. The molecule has 4 N–H and O–H groups in total. The predicted molar refractivity (Wildman–Crippen MR) is 79.5 cm³/mol. The van der Waals surface area contributed by atoms with Crippen molar-refractivity contribution >= 4 is 33.5 Å². The van der Waals surface area contributed by atoms with E-state index < -0.39 is 11.5 Å². The highest BCUT2D eigenvalue weighted by Gasteiger charge is 2.37. The Morgan fingerprint density at radius 2 is 1.95 bits per heavy atom. The molecule has 0 spiro atoms. The second-order valence-electron chi connectivity index (χ2n) is 5.29. The van der Waals surface area contributed by atoms with Gasteiger partial charge in [-0.15, -0.1) is 0 Å². The van der Waals surface area contributed by atoms with Crippen molar-refractivity contribution in [2.45, 2.75) is 37.6 Å². The van der Waals surface area contributed by atoms with Gasteiger partial charge in [0.25, 0.3) is 5.91 Å². The molecular weight excluding hydrogens is 324 g/mol. The first-order valence-corrected chi connectivity index (χ1v) is 7.30. The van der Waals surface area contributed by atoms with Gasteiger partial charge in [-0.3, -0.25) is 9.59 Å². The number of hydrogen-bond donors (Lipinski definition) is 3. The average Bonchev–Trinajstić information content (AvgIpc) is 2.74. The van der Waals surface area contributed by atoms with E-state index in [1.54, 1.807) is 18.2 Å². The van der Waals surface area contributed by atoms with Crippen molar-refractivity contribution in [3.05, 3.63) is 28.2 Å². The Hall–Kier alpha value is -1.56. The lowest BCUT2D eigenvalue weighted by atomic mass is 9.92. The Kier molecular flexibility index (Phi) is 4.32. The third-order valence-electron chi connectivity index (χ3n) is 3.61. The van der Waals surface area contributed by atoms with Crippen LogP contribution in [0, 0.1) is 0 Å². The average molecular weight is 341 g/mol. The molecule has 1 aromatic rings. The molecule has 1 aliphatic carbocycles. The number of carbonyl (C=O) groups is 2. The van der Waals surface area contributed by atoms with Gasteiger partial charge in [-0.05, 0) is 31.0 Å². The van der Waals surface area contributed by atoms with Gasteiger partial charge in [-0.1, -0.05) is 28.8 Å². The highest BCUT2D eigenvalue weighted by molar-refractivity contribution is 9.10. The van der Waals surface area contributed by atoms with Crippen molar-refractivity contribution in [2.75, 3.05) is 5.73 Å². The Morgan fingerprint density at radius 1 is 1.30 bits per heavy atom. The summed E-state index contributed by atoms with van der Waals surface area (Å²) in [5.41, 5.74) is 6.02. The molecule has 2 rings (SSSR count). The van der Waals surface area contributed by atoms with Gasteiger partial charge in [-0.25, -0.2) is 0 Å². The molecule has 108 valence electrons. The molecule has 1 aromatic carbocycles. The molecule has 0 aromatic heterocycles. The maximum atomic E-state index is 12.3. The fourth-order valence-corrected chi connectivity index (χ4v) is 3.25. The van der Waals surface area contributed by atoms with Crippen molar-refractivity contribution in [1.82, 2.24) is 5.32 Å². The zero-order valence-electron chi connectivity index (χ0n) is 11.0. The summed E-state index contributed by atoms with van der Waals surface area (Å²) in [4.78, 5) is 23.3. The Bertz CT molecular complexity index is 519. The van der Waals surface area contributed by atoms with Crippen LogP contribution < -0.4 is 11.1 Å². The number of halogens is 1. The van der Waals surface area contributed by atoms with Gasteiger partial charge >= 0.3 is 5.97 Å². The topological polar surface area (TPSA) is 92.4 Å². The summed E-state index contributed by atoms with van der Waals surface area (Å²) in [7, 11) is 0. The second kappa shape index (κ2) is 5.83. The molecule has 0 bridgehead atoms. The van der Waals surface area contributed by atoms with Gasteiger partial charge in [0.1, 0.15) is 0 Å². The summed E-state index contributed by atoms with van der Waals surface area (Å²) in [5.74, 6) is -1.16. The van der Waals surface area contributed by atoms with E-state index in [0.717, 1.165) is 17.3 Å². The van der Waals surface area contributed by atoms with E-state index >= 15 is 0 Å². The molecule has 1 saturated carbocycles. The van der Waals surface area contributed by atoms with E-state index in [2.05, 4.69) is 21.2 Å². The smallest absolute Gasteiger partial charge is 0.305 e. The number of nitrogen functional groups attached to an aromatic ring is 1. The summed E-state index contributed by atoms with van der Waals surface area (Å²) >= 11 is 3.29. The highest BCUT2D eigenvalue weighted by atomic mass is 79.9. The summed E-state index contributed by atoms with van der Waals surface area (Å²) in [6, 6.07) is 4.97. The number of nitrogens with one attached hydrogen (secondary N) is 1. The van der Waals surface area contributed by atoms with Crippen LogP contribution in [0.15, 0.2) is 22.7 Å². The van der Waals surface area contributed by atoms with Gasteiger partial charge in [0.2, 0.25) is 0 Å². The minimum Gasteiger partial charge on any atom is -0.481 e. The molecule has 0 heterocycles. The van der Waals surface area contributed by atoms with Crippen molar-refractivity contribution < 1.29 is 14.7 Å². The summed E-state index contributed by atoms with van der Waals surface area (Å²) < 4.78 is 0.723. The number of carbonyl (C=O) groups excluding carboxylic acids is 1. The predicted octanol–water partition coefficient (Wildman–Crippen LogP) is 2.55. The van der Waals surface area contributed by atoms with Crippen LogP contribution in [0.1, 0.15) is 42.5 Å². The highest BCUT2D eigenvalue weighted by Crippen LogP contribution is 2.33. The molecule has 6 heteroatoms. The lowest BCUT2D eigenvalue weighted by Crippen LogP contribution is -2.47. The van der Waals surface area contributed by atoms with E-state index in [-0.39, 0.29) is 12.3 Å². The number of anilines is 1. The van der Waals surface area contributed by atoms with Crippen molar-refractivity contribution in [2.24, 2.45) is 0 Å². The fraction of sp³-hybridized carbons (Fsp3) is 0.429. The molecule has 0 radical (unpaired) electrons. The molecule has 1 amide bonds. The van der Waals surface area contributed by atoms with Crippen LogP contribution in [0.3, 0.4) is 0 Å². The van der Waals surface area contributed by atoms with Crippen LogP contribution in [-0.4, -0.2) is 22.5 Å². The molecule has 5 nitrogen and oxygen atoms in total. The van der Waals surface area contributed by atoms with Gasteiger partial charge in [0, 0.05) is 15.7 Å². The Balaban J connectivity index is 2.18. The first-order chi connectivity index (χ1) is 9.40. The summed E-state index contributed by atoms with van der Waals surface area (Å²) in [6.07, 6.45) is 3.24. The maximum absolute atomic E-state index is 12.3. The molecule has 0 saturated heterocycles. The minimum absolute atomic E-state index is 0.0395. The normalized spacial score (nSPS) is 16.9. The molecule has 0 unspecified atom stereocenters. The lowest BCUT2D eigenvalue weighted by Gasteiger charge is -2.28. The Morgan fingerprint density at radius 3 is 2.50 bits per heavy atom. The van der Waals surface area contributed by atoms with Crippen LogP contribution in [0.2, 0.25) is 0 Å². The number of carboxylic acids is 1. The van der Waals surface area contributed by atoms with Gasteiger partial charge < -0.3 is 16.2 Å². The number of nitrogens with two attached hydrogens (primary N) is 1. The zero-order valence-corrected chi connectivity index (χ0v) is 12.6. The van der Waals surface area contributed by atoms with Crippen LogP contribution in [0.5, 0.6) is 0 Å².